The van der Waals surface area contributed by atoms with Crippen LogP contribution >= 0.6 is 15.9 Å². The van der Waals surface area contributed by atoms with Crippen molar-refractivity contribution < 1.29 is 14.8 Å². The number of carbonyl (C=O) groups is 1. The Morgan fingerprint density at radius 2 is 2.00 bits per heavy atom. The molecular weight excluding hydrogens is 258 g/mol. The molecule has 0 aliphatic carbocycles. The molecule has 1 saturated heterocycles. The van der Waals surface area contributed by atoms with E-state index in [9.17, 15) is 4.79 Å². The highest BCUT2D eigenvalue weighted by Crippen LogP contribution is 2.28. The molecule has 2 N–H and O–H groups in total. The molecule has 1 heterocycles. The van der Waals surface area contributed by atoms with Gasteiger partial charge in [0.1, 0.15) is 10.4 Å². The number of carbonyl (C=O) groups excluding carboxylic acids is 1. The number of alkyl halides is 1. The minimum atomic E-state index is -0.326. The van der Waals surface area contributed by atoms with Crippen LogP contribution in [0, 0.1) is 5.92 Å². The summed E-state index contributed by atoms with van der Waals surface area (Å²) in [4.78, 5) is 11.3. The fourth-order valence-electron chi connectivity index (χ4n) is 2.05. The zero-order chi connectivity index (χ0) is 11.5. The maximum absolute atomic E-state index is 11.5. The Morgan fingerprint density at radius 1 is 1.47 bits per heavy atom. The summed E-state index contributed by atoms with van der Waals surface area (Å²) in [6.07, 6.45) is 2.27. The van der Waals surface area contributed by atoms with Crippen molar-refractivity contribution in [2.24, 2.45) is 5.92 Å². The Labute approximate surface area is 100 Å². The van der Waals surface area contributed by atoms with E-state index in [0.717, 1.165) is 25.9 Å². The van der Waals surface area contributed by atoms with E-state index in [0.29, 0.717) is 5.92 Å². The van der Waals surface area contributed by atoms with Gasteiger partial charge in [0, 0.05) is 18.8 Å². The number of rotatable bonds is 3. The smallest absolute Gasteiger partial charge is 0.319 e. The van der Waals surface area contributed by atoms with E-state index in [-0.39, 0.29) is 16.4 Å². The maximum atomic E-state index is 11.5. The molecule has 1 atom stereocenters. The van der Waals surface area contributed by atoms with E-state index in [1.54, 1.807) is 6.92 Å². The number of halogens is 1. The largest absolute Gasteiger partial charge is 0.459 e. The van der Waals surface area contributed by atoms with Crippen LogP contribution in [-0.4, -0.2) is 29.5 Å². The first-order valence-electron chi connectivity index (χ1n) is 5.62. The van der Waals surface area contributed by atoms with Gasteiger partial charge in [-0.25, -0.2) is 0 Å². The molecule has 0 bridgehead atoms. The molecule has 1 fully saturated rings. The van der Waals surface area contributed by atoms with Crippen LogP contribution in [0.5, 0.6) is 0 Å². The molecule has 1 aliphatic rings. The van der Waals surface area contributed by atoms with Crippen molar-refractivity contribution in [2.75, 3.05) is 13.1 Å². The Bertz CT molecular complexity index is 223. The molecule has 15 heavy (non-hydrogen) atoms. The van der Waals surface area contributed by atoms with Gasteiger partial charge in [0.2, 0.25) is 0 Å². The number of ether oxygens (including phenoxy) is 1. The van der Waals surface area contributed by atoms with Crippen LogP contribution in [0.4, 0.5) is 0 Å². The normalized spacial score (nSPS) is 21.1. The van der Waals surface area contributed by atoms with Crippen molar-refractivity contribution in [3.63, 3.8) is 0 Å². The number of piperidine rings is 1. The lowest BCUT2D eigenvalue weighted by molar-refractivity contribution is -0.665. The Kier molecular flexibility index (Phi) is 4.59. The minimum Gasteiger partial charge on any atom is -0.459 e. The Morgan fingerprint density at radius 3 is 2.47 bits per heavy atom. The molecule has 4 heteroatoms. The standard InChI is InChI=1S/C11H20BrNO2/c1-8(12)10(14)15-11(2,3)9-4-6-13-7-5-9/h8-9,13H,4-7H2,1-3H3/p+1. The summed E-state index contributed by atoms with van der Waals surface area (Å²) in [5, 5.41) is 2.32. The molecule has 88 valence electrons. The first-order valence-corrected chi connectivity index (χ1v) is 6.53. The lowest BCUT2D eigenvalue weighted by Gasteiger charge is -2.35. The van der Waals surface area contributed by atoms with Gasteiger partial charge >= 0.3 is 5.97 Å². The first-order chi connectivity index (χ1) is 6.93. The molecule has 0 aromatic rings. The van der Waals surface area contributed by atoms with Crippen LogP contribution in [0.2, 0.25) is 0 Å². The van der Waals surface area contributed by atoms with E-state index >= 15 is 0 Å². The van der Waals surface area contributed by atoms with E-state index in [1.165, 1.54) is 0 Å². The lowest BCUT2D eigenvalue weighted by atomic mass is 9.83. The van der Waals surface area contributed by atoms with Crippen molar-refractivity contribution in [3.8, 4) is 0 Å². The number of quaternary nitrogens is 1. The summed E-state index contributed by atoms with van der Waals surface area (Å²) in [6.45, 7) is 8.14. The molecule has 0 aromatic heterocycles. The van der Waals surface area contributed by atoms with Crippen molar-refractivity contribution >= 4 is 21.9 Å². The summed E-state index contributed by atoms with van der Waals surface area (Å²) in [7, 11) is 0. The van der Waals surface area contributed by atoms with Crippen LogP contribution in [0.3, 0.4) is 0 Å². The average molecular weight is 279 g/mol. The quantitative estimate of drug-likeness (QED) is 0.620. The molecule has 1 rings (SSSR count). The van der Waals surface area contributed by atoms with Crippen LogP contribution in [0.25, 0.3) is 0 Å². The number of hydrogen-bond acceptors (Lipinski definition) is 2. The Hall–Kier alpha value is -0.0900. The van der Waals surface area contributed by atoms with Crippen molar-refractivity contribution in [3.05, 3.63) is 0 Å². The first kappa shape index (κ1) is 13.0. The van der Waals surface area contributed by atoms with E-state index in [1.807, 2.05) is 13.8 Å². The third kappa shape index (κ3) is 3.76. The number of esters is 1. The van der Waals surface area contributed by atoms with Crippen LogP contribution in [0.15, 0.2) is 0 Å². The maximum Gasteiger partial charge on any atom is 0.319 e. The highest BCUT2D eigenvalue weighted by molar-refractivity contribution is 9.10. The molecular formula is C11H21BrNO2+. The predicted molar refractivity (Wildman–Crippen MR) is 62.9 cm³/mol. The van der Waals surface area contributed by atoms with Gasteiger partial charge in [0.15, 0.2) is 0 Å². The SMILES string of the molecule is CC(Br)C(=O)OC(C)(C)C1CC[NH2+]CC1. The highest BCUT2D eigenvalue weighted by atomic mass is 79.9. The van der Waals surface area contributed by atoms with E-state index in [2.05, 4.69) is 21.2 Å². The van der Waals surface area contributed by atoms with Crippen LogP contribution < -0.4 is 5.32 Å². The summed E-state index contributed by atoms with van der Waals surface area (Å²) < 4.78 is 5.54. The third-order valence-corrected chi connectivity index (χ3v) is 3.48. The van der Waals surface area contributed by atoms with Crippen LogP contribution in [0.1, 0.15) is 33.6 Å². The molecule has 0 saturated carbocycles. The zero-order valence-corrected chi connectivity index (χ0v) is 11.3. The van der Waals surface area contributed by atoms with E-state index in [4.69, 9.17) is 4.74 Å². The summed E-state index contributed by atoms with van der Waals surface area (Å²) >= 11 is 3.24. The second-order valence-corrected chi connectivity index (χ2v) is 6.15. The van der Waals surface area contributed by atoms with Gasteiger partial charge in [0.25, 0.3) is 0 Å². The molecule has 1 aliphatic heterocycles. The molecule has 0 spiro atoms. The van der Waals surface area contributed by atoms with Gasteiger partial charge < -0.3 is 10.1 Å². The topological polar surface area (TPSA) is 42.9 Å². The van der Waals surface area contributed by atoms with E-state index < -0.39 is 0 Å². The summed E-state index contributed by atoms with van der Waals surface area (Å²) in [5.74, 6) is 0.340. The monoisotopic (exact) mass is 278 g/mol. The average Bonchev–Trinajstić information content (AvgIpc) is 2.18. The van der Waals surface area contributed by atoms with Gasteiger partial charge in [-0.3, -0.25) is 4.79 Å². The van der Waals surface area contributed by atoms with Gasteiger partial charge in [-0.1, -0.05) is 15.9 Å². The van der Waals surface area contributed by atoms with Gasteiger partial charge in [0.05, 0.1) is 13.1 Å². The van der Waals surface area contributed by atoms with Gasteiger partial charge in [-0.15, -0.1) is 0 Å². The van der Waals surface area contributed by atoms with Gasteiger partial charge in [-0.05, 0) is 20.8 Å². The molecule has 0 radical (unpaired) electrons. The zero-order valence-electron chi connectivity index (χ0n) is 9.75. The lowest BCUT2D eigenvalue weighted by Crippen LogP contribution is -2.86. The van der Waals surface area contributed by atoms with Crippen LogP contribution in [-0.2, 0) is 9.53 Å². The fourth-order valence-corrected chi connectivity index (χ4v) is 2.14. The van der Waals surface area contributed by atoms with Crippen molar-refractivity contribution in [1.82, 2.24) is 0 Å². The van der Waals surface area contributed by atoms with Crippen molar-refractivity contribution in [2.45, 2.75) is 44.0 Å². The summed E-state index contributed by atoms with van der Waals surface area (Å²) in [6, 6.07) is 0. The Balaban J connectivity index is 2.52. The fraction of sp³-hybridized carbons (Fsp3) is 0.909. The number of nitrogens with two attached hydrogens (primary N) is 1. The molecule has 1 unspecified atom stereocenters. The number of hydrogen-bond donors (Lipinski definition) is 1. The second-order valence-electron chi connectivity index (χ2n) is 4.78. The highest BCUT2D eigenvalue weighted by Gasteiger charge is 2.35. The molecule has 0 aromatic carbocycles. The summed E-state index contributed by atoms with van der Waals surface area (Å²) in [5.41, 5.74) is -0.326. The minimum absolute atomic E-state index is 0.158. The second kappa shape index (κ2) is 5.30. The van der Waals surface area contributed by atoms with Gasteiger partial charge in [-0.2, -0.15) is 0 Å². The predicted octanol–water partition coefficient (Wildman–Crippen LogP) is 1.06. The van der Waals surface area contributed by atoms with Crippen molar-refractivity contribution in [1.29, 1.82) is 0 Å². The third-order valence-electron chi connectivity index (χ3n) is 3.11. The molecule has 0 amide bonds. The molecule has 3 nitrogen and oxygen atoms in total.